The van der Waals surface area contributed by atoms with Crippen molar-refractivity contribution in [1.29, 1.82) is 0 Å². The maximum Gasteiger partial charge on any atom is 0.410 e. The molecule has 1 atom stereocenters. The molecular formula is C15H23F2NO4. The highest BCUT2D eigenvalue weighted by molar-refractivity contribution is 5.82. The lowest BCUT2D eigenvalue weighted by molar-refractivity contribution is -0.137. The van der Waals surface area contributed by atoms with E-state index in [0.29, 0.717) is 0 Å². The summed E-state index contributed by atoms with van der Waals surface area (Å²) in [5.41, 5.74) is -0.779. The fourth-order valence-electron chi connectivity index (χ4n) is 2.06. The van der Waals surface area contributed by atoms with Crippen molar-refractivity contribution in [2.75, 3.05) is 13.2 Å². The molecule has 7 heteroatoms. The minimum Gasteiger partial charge on any atom is -0.463 e. The van der Waals surface area contributed by atoms with Gasteiger partial charge in [0.2, 0.25) is 0 Å². The Balaban J connectivity index is 2.84. The molecule has 1 saturated heterocycles. The number of carbonyl (C=O) groups is 2. The lowest BCUT2D eigenvalue weighted by Crippen LogP contribution is -2.52. The summed E-state index contributed by atoms with van der Waals surface area (Å²) in [5.74, 6) is -3.52. The van der Waals surface area contributed by atoms with E-state index >= 15 is 0 Å². The molecule has 1 rings (SSSR count). The molecule has 0 saturated carbocycles. The molecule has 1 heterocycles. The fraction of sp³-hybridized carbons (Fsp3) is 0.733. The van der Waals surface area contributed by atoms with Crippen LogP contribution in [0.2, 0.25) is 0 Å². The molecule has 0 spiro atoms. The molecule has 1 amide bonds. The van der Waals surface area contributed by atoms with E-state index in [-0.39, 0.29) is 19.4 Å². The zero-order valence-corrected chi connectivity index (χ0v) is 13.4. The minimum atomic E-state index is -2.95. The second-order valence-electron chi connectivity index (χ2n) is 6.18. The van der Waals surface area contributed by atoms with Gasteiger partial charge in [-0.1, -0.05) is 6.08 Å². The zero-order chi connectivity index (χ0) is 17.0. The van der Waals surface area contributed by atoms with Gasteiger partial charge in [0.15, 0.2) is 0 Å². The van der Waals surface area contributed by atoms with Crippen LogP contribution in [0.3, 0.4) is 0 Å². The first kappa shape index (κ1) is 18.4. The highest BCUT2D eigenvalue weighted by atomic mass is 19.3. The molecule has 0 radical (unpaired) electrons. The van der Waals surface area contributed by atoms with Crippen LogP contribution in [0, 0.1) is 0 Å². The molecular weight excluding hydrogens is 296 g/mol. The average Bonchev–Trinajstić information content (AvgIpc) is 2.34. The van der Waals surface area contributed by atoms with Gasteiger partial charge in [0.1, 0.15) is 5.60 Å². The largest absolute Gasteiger partial charge is 0.463 e. The highest BCUT2D eigenvalue weighted by Gasteiger charge is 2.42. The quantitative estimate of drug-likeness (QED) is 0.592. The Morgan fingerprint density at radius 3 is 2.55 bits per heavy atom. The highest BCUT2D eigenvalue weighted by Crippen LogP contribution is 2.31. The van der Waals surface area contributed by atoms with Crippen molar-refractivity contribution in [2.24, 2.45) is 0 Å². The summed E-state index contributed by atoms with van der Waals surface area (Å²) in [6, 6.07) is -0.612. The van der Waals surface area contributed by atoms with Crippen molar-refractivity contribution in [2.45, 2.75) is 58.1 Å². The maximum absolute atomic E-state index is 13.6. The molecule has 0 bridgehead atoms. The first-order valence-corrected chi connectivity index (χ1v) is 7.26. The van der Waals surface area contributed by atoms with E-state index in [4.69, 9.17) is 9.47 Å². The number of hydrogen-bond donors (Lipinski definition) is 0. The maximum atomic E-state index is 13.6. The summed E-state index contributed by atoms with van der Waals surface area (Å²) in [7, 11) is 0. The van der Waals surface area contributed by atoms with Crippen LogP contribution in [0.1, 0.15) is 40.5 Å². The Morgan fingerprint density at radius 2 is 2.00 bits per heavy atom. The summed E-state index contributed by atoms with van der Waals surface area (Å²) in [5, 5.41) is 0. The van der Waals surface area contributed by atoms with Gasteiger partial charge in [0.25, 0.3) is 5.92 Å². The van der Waals surface area contributed by atoms with Gasteiger partial charge in [0.05, 0.1) is 19.2 Å². The second-order valence-corrected chi connectivity index (χ2v) is 6.18. The number of rotatable bonds is 3. The number of nitrogens with zero attached hydrogens (tertiary/aromatic N) is 1. The van der Waals surface area contributed by atoms with Crippen LogP contribution in [0.4, 0.5) is 13.6 Å². The normalized spacial score (nSPS) is 21.7. The molecule has 1 fully saturated rings. The van der Waals surface area contributed by atoms with Gasteiger partial charge in [-0.25, -0.2) is 18.4 Å². The standard InChI is InChI=1S/C15H23F2NO4/c1-5-21-12(19)7-6-11-8-9-15(16,17)10-18(11)13(20)22-14(2,3)4/h6-7,11H,5,8-10H2,1-4H3/b7-6+. The number of hydrogen-bond acceptors (Lipinski definition) is 4. The zero-order valence-electron chi connectivity index (χ0n) is 13.4. The van der Waals surface area contributed by atoms with E-state index in [9.17, 15) is 18.4 Å². The van der Waals surface area contributed by atoms with Crippen molar-refractivity contribution in [3.8, 4) is 0 Å². The summed E-state index contributed by atoms with van der Waals surface area (Å²) in [6.07, 6.45) is 1.48. The lowest BCUT2D eigenvalue weighted by atomic mass is 9.99. The topological polar surface area (TPSA) is 55.8 Å². The van der Waals surface area contributed by atoms with Crippen LogP contribution in [0.5, 0.6) is 0 Å². The van der Waals surface area contributed by atoms with Crippen LogP contribution < -0.4 is 0 Å². The van der Waals surface area contributed by atoms with Crippen LogP contribution in [-0.4, -0.2) is 47.7 Å². The van der Waals surface area contributed by atoms with Crippen LogP contribution >= 0.6 is 0 Å². The minimum absolute atomic E-state index is 0.0577. The number of esters is 1. The Labute approximate surface area is 129 Å². The molecule has 1 unspecified atom stereocenters. The monoisotopic (exact) mass is 319 g/mol. The number of halogens is 2. The molecule has 0 aromatic heterocycles. The molecule has 22 heavy (non-hydrogen) atoms. The van der Waals surface area contributed by atoms with Crippen LogP contribution in [0.25, 0.3) is 0 Å². The number of alkyl halides is 2. The van der Waals surface area contributed by atoms with Crippen molar-refractivity contribution < 1.29 is 27.8 Å². The van der Waals surface area contributed by atoms with Gasteiger partial charge in [-0.2, -0.15) is 0 Å². The van der Waals surface area contributed by atoms with Crippen LogP contribution in [-0.2, 0) is 14.3 Å². The number of likely N-dealkylation sites (tertiary alicyclic amines) is 1. The molecule has 0 aromatic rings. The van der Waals surface area contributed by atoms with Gasteiger partial charge in [-0.05, 0) is 34.1 Å². The van der Waals surface area contributed by atoms with E-state index in [1.807, 2.05) is 0 Å². The fourth-order valence-corrected chi connectivity index (χ4v) is 2.06. The predicted molar refractivity (Wildman–Crippen MR) is 76.7 cm³/mol. The van der Waals surface area contributed by atoms with Gasteiger partial charge >= 0.3 is 12.1 Å². The molecule has 0 N–H and O–H groups in total. The van der Waals surface area contributed by atoms with Gasteiger partial charge in [-0.15, -0.1) is 0 Å². The number of ether oxygens (including phenoxy) is 2. The third-order valence-corrected chi connectivity index (χ3v) is 2.98. The Kier molecular flexibility index (Phi) is 5.91. The lowest BCUT2D eigenvalue weighted by Gasteiger charge is -2.38. The van der Waals surface area contributed by atoms with E-state index in [1.165, 1.54) is 6.08 Å². The Morgan fingerprint density at radius 1 is 1.36 bits per heavy atom. The smallest absolute Gasteiger partial charge is 0.410 e. The molecule has 5 nitrogen and oxygen atoms in total. The summed E-state index contributed by atoms with van der Waals surface area (Å²) < 4.78 is 37.1. The van der Waals surface area contributed by atoms with E-state index in [0.717, 1.165) is 11.0 Å². The number of carbonyl (C=O) groups excluding carboxylic acids is 2. The molecule has 1 aliphatic rings. The third-order valence-electron chi connectivity index (χ3n) is 2.98. The average molecular weight is 319 g/mol. The molecule has 0 aliphatic carbocycles. The van der Waals surface area contributed by atoms with Gasteiger partial charge in [0, 0.05) is 12.5 Å². The van der Waals surface area contributed by atoms with Gasteiger partial charge in [-0.3, -0.25) is 4.90 Å². The second kappa shape index (κ2) is 7.07. The van der Waals surface area contributed by atoms with Gasteiger partial charge < -0.3 is 9.47 Å². The third kappa shape index (κ3) is 5.99. The molecule has 1 aliphatic heterocycles. The van der Waals surface area contributed by atoms with Crippen molar-refractivity contribution >= 4 is 12.1 Å². The van der Waals surface area contributed by atoms with Crippen molar-refractivity contribution in [1.82, 2.24) is 4.90 Å². The predicted octanol–water partition coefficient (Wildman–Crippen LogP) is 3.14. The first-order valence-electron chi connectivity index (χ1n) is 7.26. The summed E-state index contributed by atoms with van der Waals surface area (Å²) in [6.45, 7) is 6.16. The summed E-state index contributed by atoms with van der Waals surface area (Å²) in [4.78, 5) is 24.4. The number of amides is 1. The van der Waals surface area contributed by atoms with E-state index in [1.54, 1.807) is 27.7 Å². The molecule has 0 aromatic carbocycles. The summed E-state index contributed by atoms with van der Waals surface area (Å²) >= 11 is 0. The Bertz CT molecular complexity index is 443. The van der Waals surface area contributed by atoms with E-state index in [2.05, 4.69) is 0 Å². The van der Waals surface area contributed by atoms with Crippen molar-refractivity contribution in [3.05, 3.63) is 12.2 Å². The van der Waals surface area contributed by atoms with Crippen molar-refractivity contribution in [3.63, 3.8) is 0 Å². The van der Waals surface area contributed by atoms with E-state index < -0.39 is 36.2 Å². The SMILES string of the molecule is CCOC(=O)/C=C/C1CCC(F)(F)CN1C(=O)OC(C)(C)C. The van der Waals surface area contributed by atoms with Crippen LogP contribution in [0.15, 0.2) is 12.2 Å². The Hall–Kier alpha value is -1.66. The number of piperidine rings is 1. The first-order chi connectivity index (χ1) is 10.0. The molecule has 126 valence electrons.